The summed E-state index contributed by atoms with van der Waals surface area (Å²) in [5.74, 6) is 0.713. The van der Waals surface area contributed by atoms with E-state index in [0.717, 1.165) is 19.3 Å². The zero-order chi connectivity index (χ0) is 11.8. The highest BCUT2D eigenvalue weighted by atomic mass is 28.3. The highest BCUT2D eigenvalue weighted by molar-refractivity contribution is 6.44. The minimum atomic E-state index is -1.49. The molecule has 0 aromatic rings. The number of hydrogen-bond acceptors (Lipinski definition) is 3. The molecular weight excluding hydrogens is 218 g/mol. The number of nitrogens with two attached hydrogens (primary N) is 1. The van der Waals surface area contributed by atoms with Gasteiger partial charge in [-0.25, -0.2) is 0 Å². The molecule has 0 heterocycles. The van der Waals surface area contributed by atoms with E-state index in [9.17, 15) is 0 Å². The first-order chi connectivity index (χ1) is 7.77. The first kappa shape index (κ1) is 14.2. The second-order valence-electron chi connectivity index (χ2n) is 4.64. The van der Waals surface area contributed by atoms with Crippen molar-refractivity contribution in [3.63, 3.8) is 0 Å². The molecule has 0 radical (unpaired) electrons. The Balaban J connectivity index is 2.30. The summed E-state index contributed by atoms with van der Waals surface area (Å²) in [6.45, 7) is 5.58. The highest BCUT2D eigenvalue weighted by Crippen LogP contribution is 2.27. The van der Waals surface area contributed by atoms with Crippen molar-refractivity contribution in [3.05, 3.63) is 0 Å². The molecule has 4 heteroatoms. The fraction of sp³-hybridized carbons (Fsp3) is 1.00. The lowest BCUT2D eigenvalue weighted by atomic mass is 9.85. The van der Waals surface area contributed by atoms with Crippen LogP contribution in [0.2, 0.25) is 6.04 Å². The first-order valence-electron chi connectivity index (χ1n) is 6.76. The maximum Gasteiger partial charge on any atom is 0.322 e. The van der Waals surface area contributed by atoms with Crippen molar-refractivity contribution < 1.29 is 8.85 Å². The smallest absolute Gasteiger partial charge is 0.322 e. The van der Waals surface area contributed by atoms with Gasteiger partial charge in [-0.3, -0.25) is 0 Å². The number of hydrogen-bond donors (Lipinski definition) is 1. The Morgan fingerprint density at radius 3 is 2.19 bits per heavy atom. The zero-order valence-electron chi connectivity index (χ0n) is 10.8. The monoisotopic (exact) mass is 245 g/mol. The fourth-order valence-electron chi connectivity index (χ4n) is 2.53. The van der Waals surface area contributed by atoms with Crippen molar-refractivity contribution in [1.82, 2.24) is 0 Å². The highest BCUT2D eigenvalue weighted by Gasteiger charge is 2.25. The van der Waals surface area contributed by atoms with E-state index in [1.807, 2.05) is 13.8 Å². The largest absolute Gasteiger partial charge is 0.397 e. The lowest BCUT2D eigenvalue weighted by Gasteiger charge is -2.29. The Morgan fingerprint density at radius 2 is 1.69 bits per heavy atom. The molecule has 1 unspecified atom stereocenters. The van der Waals surface area contributed by atoms with Crippen LogP contribution in [0.1, 0.15) is 46.0 Å². The van der Waals surface area contributed by atoms with Gasteiger partial charge in [-0.1, -0.05) is 19.3 Å². The van der Waals surface area contributed by atoms with Crippen molar-refractivity contribution in [1.29, 1.82) is 0 Å². The Morgan fingerprint density at radius 1 is 1.12 bits per heavy atom. The van der Waals surface area contributed by atoms with Crippen LogP contribution in [0.15, 0.2) is 0 Å². The molecule has 1 fully saturated rings. The van der Waals surface area contributed by atoms with Crippen LogP contribution in [-0.4, -0.2) is 28.5 Å². The second kappa shape index (κ2) is 8.23. The summed E-state index contributed by atoms with van der Waals surface area (Å²) < 4.78 is 11.4. The van der Waals surface area contributed by atoms with Gasteiger partial charge in [-0.15, -0.1) is 0 Å². The van der Waals surface area contributed by atoms with Gasteiger partial charge in [0.25, 0.3) is 0 Å². The average molecular weight is 245 g/mol. The number of rotatable bonds is 7. The predicted molar refractivity (Wildman–Crippen MR) is 69.8 cm³/mol. The minimum absolute atomic E-state index is 0.301. The Kier molecular flexibility index (Phi) is 7.28. The van der Waals surface area contributed by atoms with E-state index in [-0.39, 0.29) is 0 Å². The molecular formula is C12H27NO2Si. The average Bonchev–Trinajstić information content (AvgIpc) is 2.31. The van der Waals surface area contributed by atoms with Crippen LogP contribution in [0, 0.1) is 5.92 Å². The third kappa shape index (κ3) is 4.95. The van der Waals surface area contributed by atoms with Crippen molar-refractivity contribution >= 4 is 9.28 Å². The zero-order valence-corrected chi connectivity index (χ0v) is 11.9. The van der Waals surface area contributed by atoms with E-state index >= 15 is 0 Å². The van der Waals surface area contributed by atoms with Crippen molar-refractivity contribution in [3.8, 4) is 0 Å². The van der Waals surface area contributed by atoms with Crippen LogP contribution in [-0.2, 0) is 8.85 Å². The van der Waals surface area contributed by atoms with Crippen LogP contribution >= 0.6 is 0 Å². The van der Waals surface area contributed by atoms with E-state index in [1.165, 1.54) is 32.1 Å². The summed E-state index contributed by atoms with van der Waals surface area (Å²) in [5.41, 5.74) is 6.28. The third-order valence-corrected chi connectivity index (χ3v) is 5.76. The van der Waals surface area contributed by atoms with Crippen LogP contribution in [0.3, 0.4) is 0 Å². The van der Waals surface area contributed by atoms with Crippen molar-refractivity contribution in [2.45, 2.75) is 58.0 Å². The molecule has 0 spiro atoms. The van der Waals surface area contributed by atoms with Crippen LogP contribution < -0.4 is 5.73 Å². The molecule has 96 valence electrons. The lowest BCUT2D eigenvalue weighted by Crippen LogP contribution is -2.38. The topological polar surface area (TPSA) is 44.5 Å². The molecule has 1 aliphatic carbocycles. The fourth-order valence-corrected chi connectivity index (χ4v) is 4.47. The lowest BCUT2D eigenvalue weighted by molar-refractivity contribution is 0.204. The summed E-state index contributed by atoms with van der Waals surface area (Å²) >= 11 is 0. The first-order valence-corrected chi connectivity index (χ1v) is 8.52. The molecule has 1 rings (SSSR count). The predicted octanol–water partition coefficient (Wildman–Crippen LogP) is 2.19. The van der Waals surface area contributed by atoms with Gasteiger partial charge in [0.1, 0.15) is 0 Å². The molecule has 0 aromatic carbocycles. The van der Waals surface area contributed by atoms with Crippen LogP contribution in [0.25, 0.3) is 0 Å². The summed E-state index contributed by atoms with van der Waals surface area (Å²) in [4.78, 5) is 0. The molecule has 1 saturated carbocycles. The van der Waals surface area contributed by atoms with Gasteiger partial charge in [-0.2, -0.15) is 0 Å². The normalized spacial score (nSPS) is 20.2. The van der Waals surface area contributed by atoms with Crippen LogP contribution in [0.5, 0.6) is 0 Å². The van der Waals surface area contributed by atoms with Gasteiger partial charge in [-0.05, 0) is 32.6 Å². The SMILES string of the molecule is CCO[SiH](CC(N)C1CCCCC1)OCC. The molecule has 16 heavy (non-hydrogen) atoms. The van der Waals surface area contributed by atoms with E-state index in [1.54, 1.807) is 0 Å². The van der Waals surface area contributed by atoms with Gasteiger partial charge in [0.15, 0.2) is 0 Å². The van der Waals surface area contributed by atoms with E-state index < -0.39 is 9.28 Å². The standard InChI is InChI=1S/C12H27NO2Si/c1-3-14-16(15-4-2)10-12(13)11-8-6-5-7-9-11/h11-12,16H,3-10,13H2,1-2H3. The van der Waals surface area contributed by atoms with Crippen molar-refractivity contribution in [2.75, 3.05) is 13.2 Å². The molecule has 3 nitrogen and oxygen atoms in total. The van der Waals surface area contributed by atoms with Gasteiger partial charge in [0.2, 0.25) is 0 Å². The van der Waals surface area contributed by atoms with Gasteiger partial charge in [0.05, 0.1) is 0 Å². The molecule has 0 bridgehead atoms. The third-order valence-electron chi connectivity index (χ3n) is 3.43. The summed E-state index contributed by atoms with van der Waals surface area (Å²) in [6.07, 6.45) is 6.71. The molecule has 2 N–H and O–H groups in total. The molecule has 0 amide bonds. The quantitative estimate of drug-likeness (QED) is 0.699. The molecule has 0 saturated heterocycles. The summed E-state index contributed by atoms with van der Waals surface area (Å²) in [7, 11) is -1.49. The molecule has 1 aliphatic rings. The van der Waals surface area contributed by atoms with Gasteiger partial charge >= 0.3 is 9.28 Å². The summed E-state index contributed by atoms with van der Waals surface area (Å²) in [5, 5.41) is 0. The Bertz CT molecular complexity index is 168. The maximum absolute atomic E-state index is 6.28. The second-order valence-corrected chi connectivity index (χ2v) is 6.64. The Labute approximate surface area is 102 Å². The molecule has 1 atom stereocenters. The van der Waals surface area contributed by atoms with E-state index in [0.29, 0.717) is 12.0 Å². The van der Waals surface area contributed by atoms with Crippen LogP contribution in [0.4, 0.5) is 0 Å². The maximum atomic E-state index is 6.28. The van der Waals surface area contributed by atoms with E-state index in [2.05, 4.69) is 0 Å². The van der Waals surface area contributed by atoms with E-state index in [4.69, 9.17) is 14.6 Å². The van der Waals surface area contributed by atoms with Gasteiger partial charge in [0, 0.05) is 25.3 Å². The summed E-state index contributed by atoms with van der Waals surface area (Å²) in [6, 6.07) is 1.28. The molecule has 0 aromatic heterocycles. The molecule has 0 aliphatic heterocycles. The van der Waals surface area contributed by atoms with Gasteiger partial charge < -0.3 is 14.6 Å². The van der Waals surface area contributed by atoms with Crippen molar-refractivity contribution in [2.24, 2.45) is 11.7 Å². The Hall–Kier alpha value is 0.0969. The minimum Gasteiger partial charge on any atom is -0.397 e.